The third-order valence-electron chi connectivity index (χ3n) is 5.39. The molecule has 4 aromatic rings. The molecule has 4 rings (SSSR count). The number of carbonyl (C=O) groups is 1. The molecule has 0 spiro atoms. The SMILES string of the molecule is CO/N=C(\Cn1cc(Cc2ccc(F)cc2)c(C(=O)NOC)c1)c1cccc(Oc2ccccc2)c1. The number of para-hydroxylation sites is 1. The van der Waals surface area contributed by atoms with Crippen molar-refractivity contribution in [3.05, 3.63) is 119 Å². The van der Waals surface area contributed by atoms with Crippen LogP contribution in [0.3, 0.4) is 0 Å². The molecule has 8 heteroatoms. The van der Waals surface area contributed by atoms with Crippen LogP contribution in [0.5, 0.6) is 11.5 Å². The number of nitrogens with zero attached hydrogens (tertiary/aromatic N) is 2. The molecule has 0 fully saturated rings. The molecule has 0 bridgehead atoms. The van der Waals surface area contributed by atoms with Crippen molar-refractivity contribution in [1.29, 1.82) is 0 Å². The Hall–Kier alpha value is -4.43. The maximum atomic E-state index is 13.3. The van der Waals surface area contributed by atoms with Gasteiger partial charge in [-0.3, -0.25) is 9.63 Å². The van der Waals surface area contributed by atoms with Gasteiger partial charge in [0.25, 0.3) is 5.91 Å². The molecular weight excluding hydrogens is 461 g/mol. The third kappa shape index (κ3) is 6.37. The molecule has 0 saturated carbocycles. The van der Waals surface area contributed by atoms with Gasteiger partial charge in [-0.15, -0.1) is 0 Å². The predicted octanol–water partition coefficient (Wildman–Crippen LogP) is 5.35. The molecule has 0 aliphatic carbocycles. The first-order valence-electron chi connectivity index (χ1n) is 11.3. The lowest BCUT2D eigenvalue weighted by Crippen LogP contribution is -2.22. The van der Waals surface area contributed by atoms with E-state index >= 15 is 0 Å². The molecule has 0 radical (unpaired) electrons. The number of benzene rings is 3. The van der Waals surface area contributed by atoms with E-state index in [0.717, 1.165) is 22.4 Å². The number of oxime groups is 1. The molecule has 3 aromatic carbocycles. The molecule has 1 heterocycles. The standard InChI is InChI=1S/C28H26FN3O4/c1-34-30-27(21-7-6-10-25(16-21)36-24-8-4-3-5-9-24)19-32-17-22(26(18-32)28(33)31-35-2)15-20-11-13-23(29)14-12-20/h3-14,16-18H,15,19H2,1-2H3,(H,31,33)/b30-27+. The largest absolute Gasteiger partial charge is 0.457 e. The van der Waals surface area contributed by atoms with E-state index in [1.54, 1.807) is 18.3 Å². The van der Waals surface area contributed by atoms with Gasteiger partial charge in [-0.1, -0.05) is 47.6 Å². The maximum Gasteiger partial charge on any atom is 0.276 e. The van der Waals surface area contributed by atoms with Gasteiger partial charge in [0.15, 0.2) is 0 Å². The summed E-state index contributed by atoms with van der Waals surface area (Å²) in [4.78, 5) is 22.6. The fourth-order valence-electron chi connectivity index (χ4n) is 3.78. The van der Waals surface area contributed by atoms with Crippen LogP contribution in [0.15, 0.2) is 96.4 Å². The fourth-order valence-corrected chi connectivity index (χ4v) is 3.78. The first kappa shape index (κ1) is 24.7. The summed E-state index contributed by atoms with van der Waals surface area (Å²) in [5.41, 5.74) is 5.89. The first-order valence-corrected chi connectivity index (χ1v) is 11.3. The smallest absolute Gasteiger partial charge is 0.276 e. The molecule has 0 aliphatic heterocycles. The Morgan fingerprint density at radius 2 is 1.69 bits per heavy atom. The van der Waals surface area contributed by atoms with E-state index in [1.807, 2.05) is 65.4 Å². The number of rotatable bonds is 10. The van der Waals surface area contributed by atoms with Crippen molar-refractivity contribution < 1.29 is 23.6 Å². The number of hydrogen-bond acceptors (Lipinski definition) is 5. The van der Waals surface area contributed by atoms with Crippen molar-refractivity contribution in [2.45, 2.75) is 13.0 Å². The molecule has 0 atom stereocenters. The zero-order valence-corrected chi connectivity index (χ0v) is 20.0. The van der Waals surface area contributed by atoms with Crippen LogP contribution in [0.2, 0.25) is 0 Å². The minimum absolute atomic E-state index is 0.312. The lowest BCUT2D eigenvalue weighted by molar-refractivity contribution is 0.0537. The molecule has 36 heavy (non-hydrogen) atoms. The van der Waals surface area contributed by atoms with Gasteiger partial charge in [-0.2, -0.15) is 0 Å². The fraction of sp³-hybridized carbons (Fsp3) is 0.143. The summed E-state index contributed by atoms with van der Waals surface area (Å²) in [5, 5.41) is 4.22. The second-order valence-electron chi connectivity index (χ2n) is 7.97. The molecule has 0 saturated heterocycles. The van der Waals surface area contributed by atoms with Crippen molar-refractivity contribution in [3.8, 4) is 11.5 Å². The lowest BCUT2D eigenvalue weighted by atomic mass is 10.0. The van der Waals surface area contributed by atoms with Crippen molar-refractivity contribution in [3.63, 3.8) is 0 Å². The topological polar surface area (TPSA) is 74.1 Å². The number of halogens is 1. The van der Waals surface area contributed by atoms with E-state index < -0.39 is 0 Å². The molecular formula is C28H26FN3O4. The molecule has 1 amide bonds. The minimum atomic E-state index is -0.378. The van der Waals surface area contributed by atoms with Crippen LogP contribution >= 0.6 is 0 Å². The number of hydroxylamine groups is 1. The Labute approximate surface area is 208 Å². The summed E-state index contributed by atoms with van der Waals surface area (Å²) in [6, 6.07) is 23.2. The van der Waals surface area contributed by atoms with E-state index in [-0.39, 0.29) is 11.7 Å². The van der Waals surface area contributed by atoms with Crippen molar-refractivity contribution in [2.24, 2.45) is 5.16 Å². The number of nitrogens with one attached hydrogen (secondary N) is 1. The van der Waals surface area contributed by atoms with Crippen LogP contribution in [0.1, 0.15) is 27.0 Å². The summed E-state index contributed by atoms with van der Waals surface area (Å²) in [6.07, 6.45) is 4.03. The third-order valence-corrected chi connectivity index (χ3v) is 5.39. The molecule has 7 nitrogen and oxygen atoms in total. The predicted molar refractivity (Wildman–Crippen MR) is 135 cm³/mol. The quantitative estimate of drug-likeness (QED) is 0.242. The summed E-state index contributed by atoms with van der Waals surface area (Å²) >= 11 is 0. The van der Waals surface area contributed by atoms with E-state index in [0.29, 0.717) is 30.0 Å². The van der Waals surface area contributed by atoms with Crippen molar-refractivity contribution in [1.82, 2.24) is 10.0 Å². The summed E-state index contributed by atoms with van der Waals surface area (Å²) in [7, 11) is 2.86. The van der Waals surface area contributed by atoms with E-state index in [4.69, 9.17) is 14.4 Å². The highest BCUT2D eigenvalue weighted by Gasteiger charge is 2.17. The Kier molecular flexibility index (Phi) is 8.10. The van der Waals surface area contributed by atoms with Gasteiger partial charge in [0.1, 0.15) is 30.1 Å². The Balaban J connectivity index is 1.60. The zero-order valence-electron chi connectivity index (χ0n) is 20.0. The molecule has 1 aromatic heterocycles. The van der Waals surface area contributed by atoms with Gasteiger partial charge in [0, 0.05) is 18.0 Å². The highest BCUT2D eigenvalue weighted by molar-refractivity contribution is 6.01. The van der Waals surface area contributed by atoms with Gasteiger partial charge in [0.2, 0.25) is 0 Å². The molecule has 1 N–H and O–H groups in total. The van der Waals surface area contributed by atoms with E-state index in [1.165, 1.54) is 26.4 Å². The van der Waals surface area contributed by atoms with Crippen LogP contribution in [-0.2, 0) is 22.6 Å². The van der Waals surface area contributed by atoms with Crippen molar-refractivity contribution >= 4 is 11.6 Å². The second-order valence-corrected chi connectivity index (χ2v) is 7.97. The van der Waals surface area contributed by atoms with E-state index in [9.17, 15) is 9.18 Å². The number of ether oxygens (including phenoxy) is 1. The van der Waals surface area contributed by atoms with Crippen molar-refractivity contribution in [2.75, 3.05) is 14.2 Å². The average molecular weight is 488 g/mol. The normalized spacial score (nSPS) is 11.2. The zero-order chi connectivity index (χ0) is 25.3. The van der Waals surface area contributed by atoms with Gasteiger partial charge < -0.3 is 14.1 Å². The summed E-state index contributed by atoms with van der Waals surface area (Å²) in [5.74, 6) is 0.695. The molecule has 0 unspecified atom stereocenters. The minimum Gasteiger partial charge on any atom is -0.457 e. The number of aromatic nitrogens is 1. The van der Waals surface area contributed by atoms with Gasteiger partial charge >= 0.3 is 0 Å². The van der Waals surface area contributed by atoms with Crippen LogP contribution in [0.4, 0.5) is 4.39 Å². The second kappa shape index (κ2) is 11.8. The first-order chi connectivity index (χ1) is 17.6. The monoisotopic (exact) mass is 487 g/mol. The lowest BCUT2D eigenvalue weighted by Gasteiger charge is -2.10. The highest BCUT2D eigenvalue weighted by Crippen LogP contribution is 2.23. The average Bonchev–Trinajstić information content (AvgIpc) is 3.28. The van der Waals surface area contributed by atoms with Crippen LogP contribution in [0, 0.1) is 5.82 Å². The number of carbonyl (C=O) groups excluding carboxylic acids is 1. The Bertz CT molecular complexity index is 1330. The Morgan fingerprint density at radius 3 is 2.42 bits per heavy atom. The highest BCUT2D eigenvalue weighted by atomic mass is 19.1. The van der Waals surface area contributed by atoms with E-state index in [2.05, 4.69) is 10.6 Å². The Morgan fingerprint density at radius 1 is 0.944 bits per heavy atom. The van der Waals surface area contributed by atoms with Crippen LogP contribution in [-0.4, -0.2) is 30.4 Å². The van der Waals surface area contributed by atoms with Gasteiger partial charge in [-0.05, 0) is 53.9 Å². The number of amides is 1. The maximum absolute atomic E-state index is 13.3. The molecule has 184 valence electrons. The van der Waals surface area contributed by atoms with Crippen LogP contribution < -0.4 is 10.2 Å². The van der Waals surface area contributed by atoms with Gasteiger partial charge in [-0.25, -0.2) is 9.87 Å². The number of hydrogen-bond donors (Lipinski definition) is 1. The summed E-state index contributed by atoms with van der Waals surface area (Å²) < 4.78 is 21.2. The van der Waals surface area contributed by atoms with Crippen LogP contribution in [0.25, 0.3) is 0 Å². The molecule has 0 aliphatic rings. The summed E-state index contributed by atoms with van der Waals surface area (Å²) in [6.45, 7) is 0.333. The van der Waals surface area contributed by atoms with Gasteiger partial charge in [0.05, 0.1) is 19.2 Å².